The van der Waals surface area contributed by atoms with Crippen LogP contribution < -0.4 is 0 Å². The highest BCUT2D eigenvalue weighted by atomic mass is 19.4. The number of ketones is 1. The molecule has 2 rings (SSSR count). The number of nitrogens with zero attached hydrogens (tertiary/aromatic N) is 1. The van der Waals surface area contributed by atoms with E-state index in [2.05, 4.69) is 0 Å². The molecule has 18 heavy (non-hydrogen) atoms. The molecule has 0 spiro atoms. The van der Waals surface area contributed by atoms with Crippen LogP contribution in [0.5, 0.6) is 0 Å². The number of carbonyl (C=O) groups excluding carboxylic acids is 1. The Bertz CT molecular complexity index is 497. The lowest BCUT2D eigenvalue weighted by molar-refractivity contribution is -0.141. The van der Waals surface area contributed by atoms with Crippen LogP contribution in [0.4, 0.5) is 13.2 Å². The van der Waals surface area contributed by atoms with E-state index in [-0.39, 0.29) is 11.2 Å². The van der Waals surface area contributed by atoms with Crippen LogP contribution in [0.3, 0.4) is 0 Å². The van der Waals surface area contributed by atoms with Gasteiger partial charge in [0.1, 0.15) is 6.54 Å². The van der Waals surface area contributed by atoms with Crippen molar-refractivity contribution in [3.8, 4) is 0 Å². The second-order valence-electron chi connectivity index (χ2n) is 5.79. The van der Waals surface area contributed by atoms with E-state index in [4.69, 9.17) is 0 Å². The molecular weight excluding hydrogens is 243 g/mol. The second-order valence-corrected chi connectivity index (χ2v) is 5.79. The number of halogens is 3. The lowest BCUT2D eigenvalue weighted by atomic mass is 9.76. The van der Waals surface area contributed by atoms with E-state index in [1.807, 2.05) is 13.8 Å². The summed E-state index contributed by atoms with van der Waals surface area (Å²) in [5, 5.41) is 0. The van der Waals surface area contributed by atoms with Crippen molar-refractivity contribution in [3.63, 3.8) is 0 Å². The summed E-state index contributed by atoms with van der Waals surface area (Å²) in [7, 11) is 0. The number of rotatable bonds is 1. The Hall–Kier alpha value is -1.26. The summed E-state index contributed by atoms with van der Waals surface area (Å²) in [6.07, 6.45) is -3.35. The molecule has 1 aromatic heterocycles. The summed E-state index contributed by atoms with van der Waals surface area (Å²) >= 11 is 0. The highest BCUT2D eigenvalue weighted by Crippen LogP contribution is 2.37. The van der Waals surface area contributed by atoms with Gasteiger partial charge < -0.3 is 4.57 Å². The van der Waals surface area contributed by atoms with Crippen LogP contribution >= 0.6 is 0 Å². The Balaban J connectivity index is 2.48. The van der Waals surface area contributed by atoms with Crippen LogP contribution in [-0.2, 0) is 13.0 Å². The Morgan fingerprint density at radius 3 is 2.50 bits per heavy atom. The largest absolute Gasteiger partial charge is 0.406 e. The van der Waals surface area contributed by atoms with Crippen LogP contribution in [0.25, 0.3) is 0 Å². The van der Waals surface area contributed by atoms with Gasteiger partial charge in [0.15, 0.2) is 5.78 Å². The van der Waals surface area contributed by atoms with E-state index in [0.717, 1.165) is 0 Å². The van der Waals surface area contributed by atoms with Gasteiger partial charge in [-0.15, -0.1) is 0 Å². The number of carbonyl (C=O) groups is 1. The molecule has 1 aromatic rings. The van der Waals surface area contributed by atoms with Crippen molar-refractivity contribution in [2.45, 2.75) is 46.3 Å². The zero-order valence-corrected chi connectivity index (χ0v) is 10.7. The Morgan fingerprint density at radius 1 is 1.33 bits per heavy atom. The number of Topliss-reactive ketones (excluding diaryl/α,β-unsaturated/α-hetero) is 1. The van der Waals surface area contributed by atoms with E-state index in [1.165, 1.54) is 4.57 Å². The normalized spacial score (nSPS) is 18.9. The van der Waals surface area contributed by atoms with E-state index >= 15 is 0 Å². The predicted molar refractivity (Wildman–Crippen MR) is 61.7 cm³/mol. The second kappa shape index (κ2) is 3.87. The molecule has 0 N–H and O–H groups in total. The Labute approximate surface area is 104 Å². The van der Waals surface area contributed by atoms with Crippen LogP contribution in [0.1, 0.15) is 42.0 Å². The van der Waals surface area contributed by atoms with Crippen molar-refractivity contribution in [2.24, 2.45) is 5.41 Å². The number of aryl methyl sites for hydroxylation is 1. The molecule has 0 atom stereocenters. The van der Waals surface area contributed by atoms with Gasteiger partial charge in [-0.1, -0.05) is 13.8 Å². The maximum Gasteiger partial charge on any atom is 0.406 e. The van der Waals surface area contributed by atoms with Gasteiger partial charge in [0.25, 0.3) is 0 Å². The van der Waals surface area contributed by atoms with Gasteiger partial charge in [-0.2, -0.15) is 13.2 Å². The number of hydrogen-bond donors (Lipinski definition) is 0. The summed E-state index contributed by atoms with van der Waals surface area (Å²) in [6, 6.07) is 1.58. The minimum absolute atomic E-state index is 0.0507. The van der Waals surface area contributed by atoms with E-state index in [0.29, 0.717) is 29.8 Å². The fourth-order valence-electron chi connectivity index (χ4n) is 2.61. The summed E-state index contributed by atoms with van der Waals surface area (Å²) in [5.74, 6) is -0.0507. The van der Waals surface area contributed by atoms with Gasteiger partial charge >= 0.3 is 6.18 Å². The smallest absolute Gasteiger partial charge is 0.339 e. The first kappa shape index (κ1) is 13.2. The Kier molecular flexibility index (Phi) is 2.83. The first-order chi connectivity index (χ1) is 8.09. The minimum atomic E-state index is -4.26. The van der Waals surface area contributed by atoms with Crippen LogP contribution in [0.2, 0.25) is 0 Å². The Morgan fingerprint density at radius 2 is 1.94 bits per heavy atom. The van der Waals surface area contributed by atoms with Gasteiger partial charge in [0.2, 0.25) is 0 Å². The first-order valence-corrected chi connectivity index (χ1v) is 5.88. The third-order valence-electron chi connectivity index (χ3n) is 3.34. The third-order valence-corrected chi connectivity index (χ3v) is 3.34. The molecule has 100 valence electrons. The van der Waals surface area contributed by atoms with E-state index in [9.17, 15) is 18.0 Å². The monoisotopic (exact) mass is 259 g/mol. The fraction of sp³-hybridized carbons (Fsp3) is 0.615. The lowest BCUT2D eigenvalue weighted by Gasteiger charge is -2.30. The maximum atomic E-state index is 12.6. The van der Waals surface area contributed by atoms with Crippen molar-refractivity contribution >= 4 is 5.78 Å². The number of alkyl halides is 3. The molecule has 2 nitrogen and oxygen atoms in total. The molecule has 0 aliphatic heterocycles. The van der Waals surface area contributed by atoms with Crippen LogP contribution in [0.15, 0.2) is 6.07 Å². The molecule has 1 heterocycles. The molecule has 5 heteroatoms. The van der Waals surface area contributed by atoms with E-state index < -0.39 is 12.7 Å². The number of hydrogen-bond acceptors (Lipinski definition) is 1. The molecule has 0 fully saturated rings. The molecule has 0 aromatic carbocycles. The van der Waals surface area contributed by atoms with Crippen molar-refractivity contribution < 1.29 is 18.0 Å². The zero-order chi connectivity index (χ0) is 13.7. The summed E-state index contributed by atoms with van der Waals surface area (Å²) in [4.78, 5) is 11.9. The molecule has 0 amide bonds. The number of aromatic nitrogens is 1. The molecule has 0 saturated heterocycles. The van der Waals surface area contributed by atoms with Gasteiger partial charge in [-0.3, -0.25) is 4.79 Å². The van der Waals surface area contributed by atoms with Gasteiger partial charge in [-0.05, 0) is 24.8 Å². The molecule has 0 unspecified atom stereocenters. The summed E-state index contributed by atoms with van der Waals surface area (Å²) < 4.78 is 38.9. The van der Waals surface area contributed by atoms with Crippen molar-refractivity contribution in [1.29, 1.82) is 0 Å². The van der Waals surface area contributed by atoms with Crippen molar-refractivity contribution in [3.05, 3.63) is 23.0 Å². The van der Waals surface area contributed by atoms with E-state index in [1.54, 1.807) is 13.0 Å². The standard InChI is InChI=1S/C13H16F3NO/c1-8-4-9-10(17(8)7-13(14,15)16)5-12(2,3)6-11(9)18/h4H,5-7H2,1-3H3. The van der Waals surface area contributed by atoms with Crippen molar-refractivity contribution in [1.82, 2.24) is 4.57 Å². The lowest BCUT2D eigenvalue weighted by Crippen LogP contribution is -2.29. The summed E-state index contributed by atoms with van der Waals surface area (Å²) in [5.41, 5.74) is 1.24. The topological polar surface area (TPSA) is 22.0 Å². The SMILES string of the molecule is Cc1cc2c(n1CC(F)(F)F)CC(C)(C)CC2=O. The number of fused-ring (bicyclic) bond motifs is 1. The van der Waals surface area contributed by atoms with Crippen LogP contribution in [0, 0.1) is 12.3 Å². The molecular formula is C13H16F3NO. The minimum Gasteiger partial charge on any atom is -0.339 e. The van der Waals surface area contributed by atoms with Gasteiger partial charge in [0.05, 0.1) is 0 Å². The van der Waals surface area contributed by atoms with Gasteiger partial charge in [0, 0.05) is 23.4 Å². The molecule has 0 bridgehead atoms. The predicted octanol–water partition coefficient (Wildman–Crippen LogP) is 3.51. The molecule has 0 saturated carbocycles. The van der Waals surface area contributed by atoms with Gasteiger partial charge in [-0.25, -0.2) is 0 Å². The first-order valence-electron chi connectivity index (χ1n) is 5.88. The average molecular weight is 259 g/mol. The molecule has 1 aliphatic rings. The quantitative estimate of drug-likeness (QED) is 0.756. The zero-order valence-electron chi connectivity index (χ0n) is 10.7. The molecule has 0 radical (unpaired) electrons. The summed E-state index contributed by atoms with van der Waals surface area (Å²) in [6.45, 7) is 4.42. The highest BCUT2D eigenvalue weighted by molar-refractivity contribution is 5.99. The molecule has 1 aliphatic carbocycles. The van der Waals surface area contributed by atoms with Crippen molar-refractivity contribution in [2.75, 3.05) is 0 Å². The maximum absolute atomic E-state index is 12.6. The third kappa shape index (κ3) is 2.44. The highest BCUT2D eigenvalue weighted by Gasteiger charge is 2.36. The average Bonchev–Trinajstić information content (AvgIpc) is 2.41. The van der Waals surface area contributed by atoms with Crippen LogP contribution in [-0.4, -0.2) is 16.5 Å². The fourth-order valence-corrected chi connectivity index (χ4v) is 2.61.